The number of nitrogens with zero attached hydrogens (tertiary/aromatic N) is 3. The number of hydrogen-bond acceptors (Lipinski definition) is 5. The quantitative estimate of drug-likeness (QED) is 0.724. The van der Waals surface area contributed by atoms with E-state index in [1.54, 1.807) is 6.07 Å². The van der Waals surface area contributed by atoms with Gasteiger partial charge in [0.25, 0.3) is 5.91 Å². The van der Waals surface area contributed by atoms with Crippen molar-refractivity contribution >= 4 is 5.91 Å². The summed E-state index contributed by atoms with van der Waals surface area (Å²) in [5.41, 5.74) is 3.08. The molecule has 1 saturated heterocycles. The maximum atomic E-state index is 13.0. The lowest BCUT2D eigenvalue weighted by Gasteiger charge is -2.23. The van der Waals surface area contributed by atoms with Crippen molar-refractivity contribution in [2.75, 3.05) is 6.54 Å². The fraction of sp³-hybridized carbons (Fsp3) is 0.316. The fourth-order valence-corrected chi connectivity index (χ4v) is 3.54. The number of amides is 1. The predicted molar refractivity (Wildman–Crippen MR) is 90.9 cm³/mol. The van der Waals surface area contributed by atoms with E-state index in [2.05, 4.69) is 10.3 Å². The van der Waals surface area contributed by atoms with Crippen LogP contribution in [0.1, 0.15) is 46.4 Å². The number of aromatic nitrogens is 2. The molecular formula is C19H19N3O3. The first-order chi connectivity index (χ1) is 12.1. The van der Waals surface area contributed by atoms with E-state index in [4.69, 9.17) is 9.05 Å². The number of carbonyl (C=O) groups is 1. The van der Waals surface area contributed by atoms with Crippen molar-refractivity contribution in [1.29, 1.82) is 0 Å². The molecule has 0 saturated carbocycles. The Morgan fingerprint density at radius 3 is 2.68 bits per heavy atom. The molecule has 6 heteroatoms. The second-order valence-corrected chi connectivity index (χ2v) is 6.34. The normalized spacial score (nSPS) is 17.2. The van der Waals surface area contributed by atoms with Gasteiger partial charge in [0.05, 0.1) is 11.7 Å². The molecule has 0 spiro atoms. The van der Waals surface area contributed by atoms with Gasteiger partial charge in [-0.25, -0.2) is 0 Å². The minimum atomic E-state index is -0.117. The summed E-state index contributed by atoms with van der Waals surface area (Å²) in [4.78, 5) is 14.8. The van der Waals surface area contributed by atoms with Crippen molar-refractivity contribution in [2.24, 2.45) is 0 Å². The maximum Gasteiger partial charge on any atom is 0.276 e. The molecular weight excluding hydrogens is 318 g/mol. The number of rotatable bonds is 3. The van der Waals surface area contributed by atoms with Gasteiger partial charge in [-0.15, -0.1) is 0 Å². The summed E-state index contributed by atoms with van der Waals surface area (Å²) in [6, 6.07) is 11.3. The summed E-state index contributed by atoms with van der Waals surface area (Å²) in [6.07, 6.45) is 1.85. The first-order valence-corrected chi connectivity index (χ1v) is 8.41. The van der Waals surface area contributed by atoms with E-state index >= 15 is 0 Å². The van der Waals surface area contributed by atoms with Gasteiger partial charge in [0.1, 0.15) is 5.76 Å². The number of carbonyl (C=O) groups excluding carboxylic acids is 1. The minimum Gasteiger partial charge on any atom is -0.361 e. The Bertz CT molecular complexity index is 878. The predicted octanol–water partition coefficient (Wildman–Crippen LogP) is 3.92. The SMILES string of the molecule is Cc1noc(C)c1C1CCCN1C(=O)c1cc(-c2ccccc2)on1. The van der Waals surface area contributed by atoms with Gasteiger partial charge in [-0.3, -0.25) is 4.79 Å². The molecule has 1 aliphatic rings. The standard InChI is InChI=1S/C19H19N3O3/c1-12-18(13(2)24-20-12)16-9-6-10-22(16)19(23)15-11-17(25-21-15)14-7-4-3-5-8-14/h3-5,7-8,11,16H,6,9-10H2,1-2H3. The Hall–Kier alpha value is -2.89. The zero-order chi connectivity index (χ0) is 17.4. The monoisotopic (exact) mass is 337 g/mol. The molecule has 1 atom stereocenters. The van der Waals surface area contributed by atoms with E-state index in [1.807, 2.05) is 49.1 Å². The van der Waals surface area contributed by atoms with Crippen molar-refractivity contribution in [2.45, 2.75) is 32.7 Å². The molecule has 0 aliphatic carbocycles. The summed E-state index contributed by atoms with van der Waals surface area (Å²) in [5.74, 6) is 1.25. The average molecular weight is 337 g/mol. The van der Waals surface area contributed by atoms with E-state index in [0.717, 1.165) is 35.4 Å². The Balaban J connectivity index is 1.61. The van der Waals surface area contributed by atoms with E-state index in [1.165, 1.54) is 0 Å². The van der Waals surface area contributed by atoms with Crippen molar-refractivity contribution in [3.05, 3.63) is 59.1 Å². The summed E-state index contributed by atoms with van der Waals surface area (Å²) in [6.45, 7) is 4.50. The minimum absolute atomic E-state index is 0.0179. The molecule has 1 amide bonds. The number of hydrogen-bond donors (Lipinski definition) is 0. The Labute approximate surface area is 145 Å². The first-order valence-electron chi connectivity index (χ1n) is 8.41. The molecule has 6 nitrogen and oxygen atoms in total. The van der Waals surface area contributed by atoms with Crippen molar-refractivity contribution in [3.63, 3.8) is 0 Å². The lowest BCUT2D eigenvalue weighted by atomic mass is 10.0. The second kappa shape index (κ2) is 6.20. The highest BCUT2D eigenvalue weighted by Gasteiger charge is 2.35. The molecule has 4 rings (SSSR count). The van der Waals surface area contributed by atoms with Crippen LogP contribution in [0.25, 0.3) is 11.3 Å². The van der Waals surface area contributed by atoms with Crippen molar-refractivity contribution in [3.8, 4) is 11.3 Å². The number of aryl methyl sites for hydroxylation is 2. The zero-order valence-corrected chi connectivity index (χ0v) is 14.2. The highest BCUT2D eigenvalue weighted by molar-refractivity contribution is 5.93. The van der Waals surface area contributed by atoms with E-state index < -0.39 is 0 Å². The molecule has 1 unspecified atom stereocenters. The molecule has 3 heterocycles. The van der Waals surface area contributed by atoms with Gasteiger partial charge in [-0.1, -0.05) is 40.6 Å². The molecule has 1 aliphatic heterocycles. The third-order valence-electron chi connectivity index (χ3n) is 4.72. The molecule has 2 aromatic heterocycles. The molecule has 1 aromatic carbocycles. The summed E-state index contributed by atoms with van der Waals surface area (Å²) < 4.78 is 10.7. The molecule has 128 valence electrons. The van der Waals surface area contributed by atoms with Gasteiger partial charge >= 0.3 is 0 Å². The molecule has 25 heavy (non-hydrogen) atoms. The zero-order valence-electron chi connectivity index (χ0n) is 14.2. The molecule has 3 aromatic rings. The van der Waals surface area contributed by atoms with E-state index in [0.29, 0.717) is 18.0 Å². The lowest BCUT2D eigenvalue weighted by molar-refractivity contribution is 0.0724. The van der Waals surface area contributed by atoms with Gasteiger partial charge < -0.3 is 13.9 Å². The van der Waals surface area contributed by atoms with Crippen LogP contribution < -0.4 is 0 Å². The van der Waals surface area contributed by atoms with Gasteiger partial charge in [-0.2, -0.15) is 0 Å². The van der Waals surface area contributed by atoms with Crippen molar-refractivity contribution < 1.29 is 13.8 Å². The molecule has 0 radical (unpaired) electrons. The average Bonchev–Trinajstić information content (AvgIpc) is 3.35. The van der Waals surface area contributed by atoms with Crippen molar-refractivity contribution in [1.82, 2.24) is 15.2 Å². The third-order valence-corrected chi connectivity index (χ3v) is 4.72. The molecule has 0 bridgehead atoms. The smallest absolute Gasteiger partial charge is 0.276 e. The highest BCUT2D eigenvalue weighted by Crippen LogP contribution is 2.36. The van der Waals surface area contributed by atoms with E-state index in [-0.39, 0.29) is 11.9 Å². The van der Waals surface area contributed by atoms with E-state index in [9.17, 15) is 4.79 Å². The Kier molecular flexibility index (Phi) is 3.87. The van der Waals surface area contributed by atoms with Crippen LogP contribution in [0.2, 0.25) is 0 Å². The molecule has 1 fully saturated rings. The maximum absolute atomic E-state index is 13.0. The van der Waals surface area contributed by atoms with Gasteiger partial charge in [-0.05, 0) is 26.7 Å². The van der Waals surface area contributed by atoms with Crippen LogP contribution >= 0.6 is 0 Å². The third kappa shape index (κ3) is 2.73. The van der Waals surface area contributed by atoms with Gasteiger partial charge in [0.2, 0.25) is 0 Å². The van der Waals surface area contributed by atoms with Crippen LogP contribution in [0.15, 0.2) is 45.4 Å². The lowest BCUT2D eigenvalue weighted by Crippen LogP contribution is -2.31. The van der Waals surface area contributed by atoms with Gasteiger partial charge in [0, 0.05) is 23.7 Å². The molecule has 0 N–H and O–H groups in total. The summed E-state index contributed by atoms with van der Waals surface area (Å²) in [7, 11) is 0. The topological polar surface area (TPSA) is 72.4 Å². The fourth-order valence-electron chi connectivity index (χ4n) is 3.54. The number of benzene rings is 1. The first kappa shape index (κ1) is 15.6. The van der Waals surface area contributed by atoms with Crippen LogP contribution in [0, 0.1) is 13.8 Å². The Morgan fingerprint density at radius 2 is 1.96 bits per heavy atom. The summed E-state index contributed by atoms with van der Waals surface area (Å²) in [5, 5.41) is 8.02. The van der Waals surface area contributed by atoms with Crippen LogP contribution in [0.5, 0.6) is 0 Å². The van der Waals surface area contributed by atoms with Gasteiger partial charge in [0.15, 0.2) is 11.5 Å². The highest BCUT2D eigenvalue weighted by atomic mass is 16.5. The van der Waals surface area contributed by atoms with Crippen LogP contribution in [0.3, 0.4) is 0 Å². The largest absolute Gasteiger partial charge is 0.361 e. The second-order valence-electron chi connectivity index (χ2n) is 6.34. The van der Waals surface area contributed by atoms with Crippen LogP contribution in [-0.4, -0.2) is 27.7 Å². The Morgan fingerprint density at radius 1 is 1.16 bits per heavy atom. The van der Waals surface area contributed by atoms with Crippen LogP contribution in [-0.2, 0) is 0 Å². The van der Waals surface area contributed by atoms with Crippen LogP contribution in [0.4, 0.5) is 0 Å². The summed E-state index contributed by atoms with van der Waals surface area (Å²) >= 11 is 0. The number of likely N-dealkylation sites (tertiary alicyclic amines) is 1.